The van der Waals surface area contributed by atoms with Crippen LogP contribution in [-0.4, -0.2) is 47.7 Å². The van der Waals surface area contributed by atoms with Crippen LogP contribution in [0.25, 0.3) is 0 Å². The number of fused-ring (bicyclic) bond motifs is 2. The Kier molecular flexibility index (Phi) is 4.94. The lowest BCUT2D eigenvalue weighted by atomic mass is 10.1. The first-order valence-corrected chi connectivity index (χ1v) is 10.7. The second kappa shape index (κ2) is 7.91. The molecule has 0 N–H and O–H groups in total. The fraction of sp³-hybridized carbons (Fsp3) is 0.231. The molecule has 0 spiro atoms. The molecule has 156 valence electrons. The minimum absolute atomic E-state index is 0.0865. The number of aryl methyl sites for hydroxylation is 2. The molecule has 2 aliphatic heterocycles. The van der Waals surface area contributed by atoms with E-state index in [0.29, 0.717) is 13.1 Å². The molecule has 0 aliphatic carbocycles. The first-order chi connectivity index (χ1) is 15.1. The van der Waals surface area contributed by atoms with E-state index in [9.17, 15) is 4.79 Å². The summed E-state index contributed by atoms with van der Waals surface area (Å²) in [6.07, 6.45) is 0. The second-order valence-corrected chi connectivity index (χ2v) is 8.15. The highest BCUT2D eigenvalue weighted by Crippen LogP contribution is 2.39. The summed E-state index contributed by atoms with van der Waals surface area (Å²) in [6, 6.07) is 21.8. The monoisotopic (exact) mass is 411 g/mol. The van der Waals surface area contributed by atoms with Crippen molar-refractivity contribution in [2.75, 3.05) is 26.2 Å². The Morgan fingerprint density at radius 2 is 1.55 bits per heavy atom. The highest BCUT2D eigenvalue weighted by Gasteiger charge is 2.28. The number of carbonyl (C=O) groups is 1. The van der Waals surface area contributed by atoms with Gasteiger partial charge in [-0.25, -0.2) is 4.99 Å². The molecule has 1 saturated heterocycles. The molecule has 2 aliphatic rings. The number of hydrogen-bond acceptors (Lipinski definition) is 4. The largest absolute Gasteiger partial charge is 0.454 e. The third-order valence-electron chi connectivity index (χ3n) is 5.82. The maximum absolute atomic E-state index is 12.8. The number of benzene rings is 3. The first kappa shape index (κ1) is 19.4. The van der Waals surface area contributed by atoms with E-state index in [1.54, 1.807) is 0 Å². The van der Waals surface area contributed by atoms with Crippen LogP contribution >= 0.6 is 0 Å². The van der Waals surface area contributed by atoms with Crippen molar-refractivity contribution in [2.45, 2.75) is 13.8 Å². The van der Waals surface area contributed by atoms with Crippen LogP contribution in [-0.2, 0) is 0 Å². The number of carbonyl (C=O) groups excluding carboxylic acids is 1. The van der Waals surface area contributed by atoms with Crippen LogP contribution in [0.15, 0.2) is 71.7 Å². The molecule has 1 amide bonds. The number of nitrogens with zero attached hydrogens (tertiary/aromatic N) is 3. The zero-order valence-corrected chi connectivity index (χ0v) is 17.8. The van der Waals surface area contributed by atoms with E-state index < -0.39 is 0 Å². The van der Waals surface area contributed by atoms with Crippen molar-refractivity contribution in [3.05, 3.63) is 89.0 Å². The smallest absolute Gasteiger partial charge is 0.253 e. The van der Waals surface area contributed by atoms with Gasteiger partial charge in [0.2, 0.25) is 0 Å². The molecular formula is C26H25N3O2. The molecule has 0 radical (unpaired) electrons. The Balaban J connectivity index is 1.45. The molecule has 2 heterocycles. The summed E-state index contributed by atoms with van der Waals surface area (Å²) >= 11 is 0. The van der Waals surface area contributed by atoms with E-state index in [-0.39, 0.29) is 5.91 Å². The maximum Gasteiger partial charge on any atom is 0.253 e. The Bertz CT molecular complexity index is 1160. The van der Waals surface area contributed by atoms with E-state index in [4.69, 9.17) is 9.73 Å². The molecule has 0 atom stereocenters. The molecule has 5 nitrogen and oxygen atoms in total. The summed E-state index contributed by atoms with van der Waals surface area (Å²) < 4.78 is 6.27. The number of aliphatic imine (C=N–C) groups is 1. The number of hydrogen-bond donors (Lipinski definition) is 0. The number of ether oxygens (including phenoxy) is 1. The van der Waals surface area contributed by atoms with E-state index >= 15 is 0 Å². The molecule has 0 aromatic heterocycles. The van der Waals surface area contributed by atoms with Crippen LogP contribution in [0.1, 0.15) is 27.0 Å². The summed E-state index contributed by atoms with van der Waals surface area (Å²) in [5.74, 6) is 2.59. The summed E-state index contributed by atoms with van der Waals surface area (Å²) in [4.78, 5) is 22.1. The first-order valence-electron chi connectivity index (χ1n) is 10.7. The summed E-state index contributed by atoms with van der Waals surface area (Å²) in [6.45, 7) is 6.91. The normalized spacial score (nSPS) is 15.4. The Hall–Kier alpha value is -3.60. The highest BCUT2D eigenvalue weighted by atomic mass is 16.5. The van der Waals surface area contributed by atoms with E-state index in [1.165, 1.54) is 0 Å². The van der Waals surface area contributed by atoms with Crippen molar-refractivity contribution in [1.29, 1.82) is 0 Å². The fourth-order valence-electron chi connectivity index (χ4n) is 4.12. The Morgan fingerprint density at radius 3 is 2.32 bits per heavy atom. The second-order valence-electron chi connectivity index (χ2n) is 8.15. The zero-order chi connectivity index (χ0) is 21.4. The van der Waals surface area contributed by atoms with E-state index in [2.05, 4.69) is 36.9 Å². The third-order valence-corrected chi connectivity index (χ3v) is 5.82. The number of piperazine rings is 1. The van der Waals surface area contributed by atoms with Gasteiger partial charge in [0.1, 0.15) is 17.3 Å². The SMILES string of the molecule is Cc1ccc2c(c1)Oc1ccc(C)cc1C(N1CCN(C(=O)c3ccccc3)CC1)=N2. The lowest BCUT2D eigenvalue weighted by molar-refractivity contribution is 0.0692. The van der Waals surface area contributed by atoms with Gasteiger partial charge in [-0.1, -0.05) is 35.9 Å². The zero-order valence-electron chi connectivity index (χ0n) is 17.8. The molecule has 0 bridgehead atoms. The number of rotatable bonds is 1. The molecule has 5 heteroatoms. The van der Waals surface area contributed by atoms with Gasteiger partial charge in [-0.15, -0.1) is 0 Å². The number of amidine groups is 1. The Labute approximate surface area is 182 Å². The van der Waals surface area contributed by atoms with Gasteiger partial charge in [-0.2, -0.15) is 0 Å². The van der Waals surface area contributed by atoms with Crippen LogP contribution in [0.4, 0.5) is 5.69 Å². The van der Waals surface area contributed by atoms with Gasteiger partial charge in [0.15, 0.2) is 5.75 Å². The minimum atomic E-state index is 0.0865. The van der Waals surface area contributed by atoms with Crippen LogP contribution in [0.2, 0.25) is 0 Å². The van der Waals surface area contributed by atoms with E-state index in [0.717, 1.165) is 58.4 Å². The summed E-state index contributed by atoms with van der Waals surface area (Å²) in [5, 5.41) is 0. The average Bonchev–Trinajstić information content (AvgIpc) is 2.95. The van der Waals surface area contributed by atoms with Crippen LogP contribution in [0, 0.1) is 13.8 Å². The molecule has 0 unspecified atom stereocenters. The van der Waals surface area contributed by atoms with Crippen molar-refractivity contribution < 1.29 is 9.53 Å². The lowest BCUT2D eigenvalue weighted by Crippen LogP contribution is -2.50. The molecular weight excluding hydrogens is 386 g/mol. The fourth-order valence-corrected chi connectivity index (χ4v) is 4.12. The van der Waals surface area contributed by atoms with Gasteiger partial charge in [-0.3, -0.25) is 4.79 Å². The predicted octanol–water partition coefficient (Wildman–Crippen LogP) is 4.95. The minimum Gasteiger partial charge on any atom is -0.454 e. The van der Waals surface area contributed by atoms with Crippen LogP contribution in [0.5, 0.6) is 11.5 Å². The molecule has 3 aromatic carbocycles. The molecule has 1 fully saturated rings. The summed E-state index contributed by atoms with van der Waals surface area (Å²) in [7, 11) is 0. The maximum atomic E-state index is 12.8. The summed E-state index contributed by atoms with van der Waals surface area (Å²) in [5.41, 5.74) is 4.87. The van der Waals surface area contributed by atoms with Gasteiger partial charge in [0.05, 0.1) is 5.56 Å². The number of amides is 1. The van der Waals surface area contributed by atoms with Gasteiger partial charge in [0, 0.05) is 31.7 Å². The van der Waals surface area contributed by atoms with Crippen LogP contribution in [0.3, 0.4) is 0 Å². The van der Waals surface area contributed by atoms with Crippen molar-refractivity contribution in [2.24, 2.45) is 4.99 Å². The van der Waals surface area contributed by atoms with Gasteiger partial charge in [0.25, 0.3) is 5.91 Å². The van der Waals surface area contributed by atoms with Gasteiger partial charge >= 0.3 is 0 Å². The van der Waals surface area contributed by atoms with Gasteiger partial charge in [-0.05, 0) is 55.8 Å². The van der Waals surface area contributed by atoms with Gasteiger partial charge < -0.3 is 14.5 Å². The standard InChI is InChI=1S/C26H25N3O2/c1-18-9-11-23-21(16-18)25(27-22-10-8-19(2)17-24(22)31-23)28-12-14-29(15-13-28)26(30)20-6-4-3-5-7-20/h3-11,16-17H,12-15H2,1-2H3. The highest BCUT2D eigenvalue weighted by molar-refractivity contribution is 6.04. The van der Waals surface area contributed by atoms with E-state index in [1.807, 2.05) is 53.4 Å². The topological polar surface area (TPSA) is 45.1 Å². The van der Waals surface area contributed by atoms with Crippen molar-refractivity contribution in [3.63, 3.8) is 0 Å². The van der Waals surface area contributed by atoms with Crippen LogP contribution < -0.4 is 4.74 Å². The third kappa shape index (κ3) is 3.79. The quantitative estimate of drug-likeness (QED) is 0.569. The van der Waals surface area contributed by atoms with Crippen molar-refractivity contribution >= 4 is 17.4 Å². The Morgan fingerprint density at radius 1 is 0.839 bits per heavy atom. The van der Waals surface area contributed by atoms with Crippen molar-refractivity contribution in [1.82, 2.24) is 9.80 Å². The average molecular weight is 412 g/mol. The molecule has 0 saturated carbocycles. The molecule has 3 aromatic rings. The lowest BCUT2D eigenvalue weighted by Gasteiger charge is -2.36. The molecule has 5 rings (SSSR count). The predicted molar refractivity (Wildman–Crippen MR) is 123 cm³/mol. The van der Waals surface area contributed by atoms with Crippen molar-refractivity contribution in [3.8, 4) is 11.5 Å². The molecule has 31 heavy (non-hydrogen) atoms.